The Bertz CT molecular complexity index is 3010. The van der Waals surface area contributed by atoms with Crippen LogP contribution in [0.2, 0.25) is 0 Å². The van der Waals surface area contributed by atoms with E-state index in [0.717, 1.165) is 0 Å². The summed E-state index contributed by atoms with van der Waals surface area (Å²) in [6.45, 7) is 2.36. The number of anilines is 1. The molecule has 3 aliphatic rings. The number of rotatable bonds is 2. The molecule has 232 valence electrons. The van der Waals surface area contributed by atoms with Gasteiger partial charge in [0.2, 0.25) is 0 Å². The second kappa shape index (κ2) is 8.96. The van der Waals surface area contributed by atoms with Crippen molar-refractivity contribution in [2.45, 2.75) is 6.92 Å². The van der Waals surface area contributed by atoms with Gasteiger partial charge in [0.15, 0.2) is 0 Å². The van der Waals surface area contributed by atoms with E-state index in [1.165, 1.54) is 99.1 Å². The van der Waals surface area contributed by atoms with Gasteiger partial charge in [-0.1, -0.05) is 72.8 Å². The van der Waals surface area contributed by atoms with Gasteiger partial charge in [-0.2, -0.15) is 0 Å². The van der Waals surface area contributed by atoms with Crippen molar-refractivity contribution in [3.8, 4) is 17.1 Å². The van der Waals surface area contributed by atoms with E-state index in [0.29, 0.717) is 0 Å². The lowest BCUT2D eigenvalue weighted by Gasteiger charge is -2.21. The lowest BCUT2D eigenvalue weighted by atomic mass is 10.0. The number of nitrogens with zero attached hydrogens (tertiary/aromatic N) is 5. The zero-order valence-corrected chi connectivity index (χ0v) is 28.0. The Balaban J connectivity index is 1.46. The number of hydrogen-bond donors (Lipinski definition) is 0. The summed E-state index contributed by atoms with van der Waals surface area (Å²) in [6.07, 6.45) is 4.50. The highest BCUT2D eigenvalue weighted by molar-refractivity contribution is 7.75. The van der Waals surface area contributed by atoms with E-state index in [9.17, 15) is 0 Å². The number of hydrogen-bond acceptors (Lipinski definition) is 2. The fraction of sp³-hybridized carbons (Fsp3) is 0.0465. The smallest absolute Gasteiger partial charge is 0.131 e. The summed E-state index contributed by atoms with van der Waals surface area (Å²) in [4.78, 5) is 4.84. The molecule has 5 nitrogen and oxygen atoms in total. The number of aryl methyl sites for hydroxylation is 1. The van der Waals surface area contributed by atoms with Crippen molar-refractivity contribution in [1.29, 1.82) is 0 Å². The quantitative estimate of drug-likeness (QED) is 0.175. The van der Waals surface area contributed by atoms with Gasteiger partial charge < -0.3 is 14.4 Å². The van der Waals surface area contributed by atoms with E-state index >= 15 is 0 Å². The molecule has 0 fully saturated rings. The fourth-order valence-corrected chi connectivity index (χ4v) is 12.6. The molecule has 3 aromatic heterocycles. The zero-order valence-electron chi connectivity index (χ0n) is 27.0. The van der Waals surface area contributed by atoms with E-state index in [4.69, 9.17) is 0 Å². The Hall–Kier alpha value is -5.90. The summed E-state index contributed by atoms with van der Waals surface area (Å²) in [7, 11) is 0.733. The predicted molar refractivity (Wildman–Crippen MR) is 209 cm³/mol. The summed E-state index contributed by atoms with van der Waals surface area (Å²) in [5, 5.41) is 9.55. The van der Waals surface area contributed by atoms with Crippen molar-refractivity contribution >= 4 is 84.0 Å². The molecule has 6 aromatic carbocycles. The first-order chi connectivity index (χ1) is 24.2. The van der Waals surface area contributed by atoms with Crippen LogP contribution in [0.3, 0.4) is 0 Å². The van der Waals surface area contributed by atoms with Crippen molar-refractivity contribution in [3.05, 3.63) is 145 Å². The minimum Gasteiger partial charge on any atom is -0.336 e. The number of benzene rings is 6. The number of para-hydroxylation sites is 4. The highest BCUT2D eigenvalue weighted by atomic mass is 31.1. The van der Waals surface area contributed by atoms with Crippen LogP contribution >= 0.6 is 7.55 Å². The molecule has 0 N–H and O–H groups in total. The second-order valence-electron chi connectivity index (χ2n) is 13.5. The Labute approximate surface area is 283 Å². The van der Waals surface area contributed by atoms with Crippen molar-refractivity contribution in [1.82, 2.24) is 18.6 Å². The van der Waals surface area contributed by atoms with Gasteiger partial charge in [-0.05, 0) is 74.6 Å². The van der Waals surface area contributed by atoms with E-state index in [2.05, 4.69) is 177 Å². The van der Waals surface area contributed by atoms with E-state index < -0.39 is 7.55 Å². The van der Waals surface area contributed by atoms with Crippen molar-refractivity contribution in [2.75, 3.05) is 11.9 Å². The van der Waals surface area contributed by atoms with E-state index in [1.807, 2.05) is 0 Å². The topological polar surface area (TPSA) is 21.3 Å². The standard InChI is InChI=1S/C43H30N5P/c1-26-37-35-25-30-29-17-9-10-18-31(29)48(40(26)30)32-19-11-12-20-36(32)49-41-34(45-24-23-44(2)43(45)49)22-21-33-38(41)39(37)42(46(33)27-13-5-3-6-14-27)47(35)28-15-7-4-8-16-28/h3-25,49H,1-2H3. The summed E-state index contributed by atoms with van der Waals surface area (Å²) >= 11 is 0. The summed E-state index contributed by atoms with van der Waals surface area (Å²) in [6, 6.07) is 47.4. The van der Waals surface area contributed by atoms with Gasteiger partial charge >= 0.3 is 0 Å². The zero-order chi connectivity index (χ0) is 32.1. The van der Waals surface area contributed by atoms with E-state index in [1.54, 1.807) is 0 Å². The molecule has 49 heavy (non-hydrogen) atoms. The Morgan fingerprint density at radius 3 is 2.02 bits per heavy atom. The van der Waals surface area contributed by atoms with Gasteiger partial charge in [0, 0.05) is 68.4 Å². The third-order valence-corrected chi connectivity index (χ3v) is 14.2. The van der Waals surface area contributed by atoms with Gasteiger partial charge in [0.1, 0.15) is 11.2 Å². The van der Waals surface area contributed by atoms with Crippen molar-refractivity contribution in [3.63, 3.8) is 0 Å². The van der Waals surface area contributed by atoms with Crippen LogP contribution in [0, 0.1) is 6.92 Å². The number of fused-ring (bicyclic) bond motifs is 8. The van der Waals surface area contributed by atoms with Gasteiger partial charge in [-0.25, -0.2) is 0 Å². The Morgan fingerprint density at radius 1 is 0.531 bits per heavy atom. The predicted octanol–water partition coefficient (Wildman–Crippen LogP) is 8.94. The molecule has 0 radical (unpaired) electrons. The molecule has 12 rings (SSSR count). The lowest BCUT2D eigenvalue weighted by Crippen LogP contribution is -2.28. The van der Waals surface area contributed by atoms with Crippen LogP contribution in [0.4, 0.5) is 5.69 Å². The molecule has 0 saturated heterocycles. The molecule has 3 aliphatic heterocycles. The molecule has 0 aliphatic carbocycles. The maximum absolute atomic E-state index is 2.59. The van der Waals surface area contributed by atoms with Crippen LogP contribution in [0.5, 0.6) is 0 Å². The molecule has 2 bridgehead atoms. The summed E-state index contributed by atoms with van der Waals surface area (Å²) < 4.78 is 7.66. The SMILES string of the molecule is Cc1c2c3c4c5c6ccc4n(-c4ccccc4)c3n(-c3ccccc3)c2cc2c3ccccc3n(c12)-c1ccccc1[PH]5=C1N(C)C=CN16. The van der Waals surface area contributed by atoms with Crippen molar-refractivity contribution < 1.29 is 0 Å². The number of aromatic nitrogens is 3. The Kier molecular flexibility index (Phi) is 4.77. The molecular formula is C43H30N5P. The summed E-state index contributed by atoms with van der Waals surface area (Å²) in [5.41, 5.74) is 13.9. The van der Waals surface area contributed by atoms with Gasteiger partial charge in [-0.15, -0.1) is 0 Å². The van der Waals surface area contributed by atoms with Crippen LogP contribution < -0.4 is 15.5 Å². The van der Waals surface area contributed by atoms with Gasteiger partial charge in [-0.3, -0.25) is 9.13 Å². The molecule has 0 saturated carbocycles. The monoisotopic (exact) mass is 647 g/mol. The highest BCUT2D eigenvalue weighted by Gasteiger charge is 2.38. The minimum atomic E-state index is -1.49. The van der Waals surface area contributed by atoms with Gasteiger partial charge in [0.25, 0.3) is 0 Å². The molecule has 1 atom stereocenters. The average Bonchev–Trinajstić information content (AvgIpc) is 3.93. The molecule has 0 spiro atoms. The van der Waals surface area contributed by atoms with Crippen LogP contribution in [0.25, 0.3) is 71.7 Å². The second-order valence-corrected chi connectivity index (χ2v) is 15.8. The van der Waals surface area contributed by atoms with E-state index in [-0.39, 0.29) is 0 Å². The maximum atomic E-state index is 2.59. The minimum absolute atomic E-state index is 1.17. The average molecular weight is 648 g/mol. The van der Waals surface area contributed by atoms with Crippen molar-refractivity contribution in [2.24, 2.45) is 0 Å². The molecule has 6 heteroatoms. The lowest BCUT2D eigenvalue weighted by molar-refractivity contribution is 0.713. The van der Waals surface area contributed by atoms with Crippen LogP contribution in [-0.2, 0) is 0 Å². The highest BCUT2D eigenvalue weighted by Crippen LogP contribution is 2.52. The first-order valence-corrected chi connectivity index (χ1v) is 18.4. The van der Waals surface area contributed by atoms with Gasteiger partial charge in [0.05, 0.1) is 33.4 Å². The molecule has 0 amide bonds. The Morgan fingerprint density at radius 2 is 1.22 bits per heavy atom. The molecule has 6 heterocycles. The first-order valence-electron chi connectivity index (χ1n) is 16.9. The summed E-state index contributed by atoms with van der Waals surface area (Å²) in [5.74, 6) is 0. The molecule has 9 aromatic rings. The van der Waals surface area contributed by atoms with Crippen LogP contribution in [-0.4, -0.2) is 31.2 Å². The largest absolute Gasteiger partial charge is 0.336 e. The van der Waals surface area contributed by atoms with Crippen LogP contribution in [0.15, 0.2) is 140 Å². The fourth-order valence-electron chi connectivity index (χ4n) is 9.31. The normalized spacial score (nSPS) is 16.0. The maximum Gasteiger partial charge on any atom is 0.131 e. The third kappa shape index (κ3) is 3.00. The first kappa shape index (κ1) is 26.1. The molecular weight excluding hydrogens is 617 g/mol. The third-order valence-electron chi connectivity index (χ3n) is 11.1. The molecule has 1 unspecified atom stereocenters. The van der Waals surface area contributed by atoms with Crippen LogP contribution in [0.1, 0.15) is 5.56 Å².